The van der Waals surface area contributed by atoms with E-state index in [2.05, 4.69) is 19.2 Å². The number of hydrogen-bond donors (Lipinski definition) is 1. The fourth-order valence-corrected chi connectivity index (χ4v) is 1.79. The predicted octanol–water partition coefficient (Wildman–Crippen LogP) is 2.65. The van der Waals surface area contributed by atoms with Gasteiger partial charge in [0.2, 0.25) is 6.79 Å². The summed E-state index contributed by atoms with van der Waals surface area (Å²) in [5.41, 5.74) is 0.997. The lowest BCUT2D eigenvalue weighted by Gasteiger charge is -2.14. The highest BCUT2D eigenvalue weighted by molar-refractivity contribution is 5.51. The molecule has 1 heterocycles. The summed E-state index contributed by atoms with van der Waals surface area (Å²) < 4.78 is 28.4. The van der Waals surface area contributed by atoms with Crippen molar-refractivity contribution >= 4 is 0 Å². The maximum Gasteiger partial charge on any atom is 0.231 e. The molecule has 1 N–H and O–H groups in total. The molecule has 5 heteroatoms. The second-order valence-electron chi connectivity index (χ2n) is 4.74. The van der Waals surface area contributed by atoms with Gasteiger partial charge in [0.15, 0.2) is 11.5 Å². The summed E-state index contributed by atoms with van der Waals surface area (Å²) >= 11 is 0. The number of fused-ring (bicyclic) bond motifs is 1. The van der Waals surface area contributed by atoms with E-state index in [4.69, 9.17) is 14.2 Å². The molecular formula is C14H20FNO3. The highest BCUT2D eigenvalue weighted by atomic mass is 19.1. The number of nitrogens with one attached hydrogen (secondary N) is 1. The molecule has 0 bridgehead atoms. The molecule has 1 aliphatic rings. The third-order valence-corrected chi connectivity index (χ3v) is 2.79. The average molecular weight is 269 g/mol. The van der Waals surface area contributed by atoms with Crippen LogP contribution in [0.1, 0.15) is 25.8 Å². The van der Waals surface area contributed by atoms with E-state index in [0.29, 0.717) is 31.4 Å². The maximum atomic E-state index is 12.1. The third-order valence-electron chi connectivity index (χ3n) is 2.79. The van der Waals surface area contributed by atoms with Gasteiger partial charge in [0.25, 0.3) is 0 Å². The highest BCUT2D eigenvalue weighted by Gasteiger charge is 2.18. The van der Waals surface area contributed by atoms with E-state index in [1.807, 2.05) is 12.1 Å². The Kier molecular flexibility index (Phi) is 4.85. The van der Waals surface area contributed by atoms with Gasteiger partial charge in [-0.05, 0) is 6.07 Å². The second-order valence-corrected chi connectivity index (χ2v) is 4.74. The molecule has 0 saturated carbocycles. The maximum absolute atomic E-state index is 12.1. The topological polar surface area (TPSA) is 39.7 Å². The summed E-state index contributed by atoms with van der Waals surface area (Å²) in [7, 11) is 0. The molecule has 0 aliphatic carbocycles. The molecule has 1 aromatic rings. The molecule has 4 nitrogen and oxygen atoms in total. The van der Waals surface area contributed by atoms with Gasteiger partial charge in [-0.2, -0.15) is 0 Å². The largest absolute Gasteiger partial charge is 0.493 e. The van der Waals surface area contributed by atoms with Crippen molar-refractivity contribution in [2.75, 3.05) is 20.1 Å². The van der Waals surface area contributed by atoms with Crippen LogP contribution in [0.4, 0.5) is 4.39 Å². The van der Waals surface area contributed by atoms with Crippen LogP contribution in [-0.2, 0) is 6.54 Å². The van der Waals surface area contributed by atoms with Gasteiger partial charge in [-0.25, -0.2) is 0 Å². The minimum atomic E-state index is -0.371. The van der Waals surface area contributed by atoms with Crippen LogP contribution in [0.3, 0.4) is 0 Å². The van der Waals surface area contributed by atoms with Gasteiger partial charge < -0.3 is 19.5 Å². The number of ether oxygens (including phenoxy) is 3. The Labute approximate surface area is 112 Å². The zero-order chi connectivity index (χ0) is 13.7. The Hall–Kier alpha value is -1.49. The number of rotatable bonds is 7. The van der Waals surface area contributed by atoms with E-state index >= 15 is 0 Å². The quantitative estimate of drug-likeness (QED) is 0.772. The molecule has 106 valence electrons. The molecule has 0 saturated heterocycles. The third kappa shape index (κ3) is 3.73. The fraction of sp³-hybridized carbons (Fsp3) is 0.571. The summed E-state index contributed by atoms with van der Waals surface area (Å²) in [6, 6.07) is 4.12. The van der Waals surface area contributed by atoms with Crippen molar-refractivity contribution in [2.45, 2.75) is 32.9 Å². The van der Waals surface area contributed by atoms with Crippen molar-refractivity contribution in [2.24, 2.45) is 0 Å². The molecular weight excluding hydrogens is 249 g/mol. The molecule has 0 fully saturated rings. The van der Waals surface area contributed by atoms with Crippen molar-refractivity contribution in [3.8, 4) is 17.2 Å². The predicted molar refractivity (Wildman–Crippen MR) is 70.6 cm³/mol. The minimum Gasteiger partial charge on any atom is -0.493 e. The van der Waals surface area contributed by atoms with Gasteiger partial charge >= 0.3 is 0 Å². The number of alkyl halides is 1. The van der Waals surface area contributed by atoms with E-state index < -0.39 is 0 Å². The molecule has 0 unspecified atom stereocenters. The zero-order valence-corrected chi connectivity index (χ0v) is 11.4. The van der Waals surface area contributed by atoms with E-state index in [1.54, 1.807) is 0 Å². The summed E-state index contributed by atoms with van der Waals surface area (Å²) in [6.07, 6.45) is 0.394. The Morgan fingerprint density at radius 3 is 2.74 bits per heavy atom. The zero-order valence-electron chi connectivity index (χ0n) is 11.4. The van der Waals surface area contributed by atoms with Crippen LogP contribution in [0.15, 0.2) is 12.1 Å². The van der Waals surface area contributed by atoms with E-state index in [-0.39, 0.29) is 13.5 Å². The minimum absolute atomic E-state index is 0.236. The Morgan fingerprint density at radius 1 is 1.32 bits per heavy atom. The average Bonchev–Trinajstić information content (AvgIpc) is 2.83. The first-order valence-electron chi connectivity index (χ1n) is 6.55. The summed E-state index contributed by atoms with van der Waals surface area (Å²) in [5.74, 6) is 2.15. The molecule has 19 heavy (non-hydrogen) atoms. The first-order chi connectivity index (χ1) is 9.20. The van der Waals surface area contributed by atoms with E-state index in [0.717, 1.165) is 17.1 Å². The number of hydrogen-bond acceptors (Lipinski definition) is 4. The van der Waals surface area contributed by atoms with Crippen molar-refractivity contribution in [3.05, 3.63) is 17.7 Å². The number of benzene rings is 1. The van der Waals surface area contributed by atoms with Crippen molar-refractivity contribution < 1.29 is 18.6 Å². The van der Waals surface area contributed by atoms with Gasteiger partial charge in [0.1, 0.15) is 5.75 Å². The molecule has 0 radical (unpaired) electrons. The Bertz CT molecular complexity index is 423. The van der Waals surface area contributed by atoms with Crippen LogP contribution in [0.5, 0.6) is 17.2 Å². The number of halogens is 1. The lowest BCUT2D eigenvalue weighted by atomic mass is 10.1. The standard InChI is InChI=1S/C14H20FNO3/c1-10(2)16-8-11-6-13-14(19-9-18-13)7-12(11)17-5-3-4-15/h6-7,10,16H,3-5,8-9H2,1-2H3. The van der Waals surface area contributed by atoms with Crippen LogP contribution in [0, 0.1) is 0 Å². The van der Waals surface area contributed by atoms with Crippen molar-refractivity contribution in [3.63, 3.8) is 0 Å². The molecule has 0 amide bonds. The summed E-state index contributed by atoms with van der Waals surface area (Å²) in [6.45, 7) is 5.07. The van der Waals surface area contributed by atoms with Crippen molar-refractivity contribution in [1.82, 2.24) is 5.32 Å². The molecule has 0 aromatic heterocycles. The van der Waals surface area contributed by atoms with Crippen LogP contribution >= 0.6 is 0 Å². The lowest BCUT2D eigenvalue weighted by molar-refractivity contribution is 0.173. The summed E-state index contributed by atoms with van der Waals surface area (Å²) in [5, 5.41) is 3.33. The SMILES string of the molecule is CC(C)NCc1cc2c(cc1OCCCF)OCO2. The van der Waals surface area contributed by atoms with Crippen molar-refractivity contribution in [1.29, 1.82) is 0 Å². The van der Waals surface area contributed by atoms with Crippen LogP contribution in [0.25, 0.3) is 0 Å². The molecule has 1 aliphatic heterocycles. The molecule has 0 spiro atoms. The van der Waals surface area contributed by atoms with Gasteiger partial charge in [0.05, 0.1) is 13.3 Å². The second kappa shape index (κ2) is 6.61. The first-order valence-corrected chi connectivity index (χ1v) is 6.55. The molecule has 1 aromatic carbocycles. The van der Waals surface area contributed by atoms with Gasteiger partial charge in [-0.15, -0.1) is 0 Å². The van der Waals surface area contributed by atoms with E-state index in [9.17, 15) is 4.39 Å². The normalized spacial score (nSPS) is 13.1. The highest BCUT2D eigenvalue weighted by Crippen LogP contribution is 2.38. The lowest BCUT2D eigenvalue weighted by Crippen LogP contribution is -2.22. The fourth-order valence-electron chi connectivity index (χ4n) is 1.79. The van der Waals surface area contributed by atoms with Gasteiger partial charge in [-0.1, -0.05) is 13.8 Å². The Morgan fingerprint density at radius 2 is 2.05 bits per heavy atom. The molecule has 0 atom stereocenters. The summed E-state index contributed by atoms with van der Waals surface area (Å²) in [4.78, 5) is 0. The van der Waals surface area contributed by atoms with Crippen LogP contribution < -0.4 is 19.5 Å². The smallest absolute Gasteiger partial charge is 0.231 e. The Balaban J connectivity index is 2.12. The van der Waals surface area contributed by atoms with E-state index in [1.165, 1.54) is 0 Å². The van der Waals surface area contributed by atoms with Crippen LogP contribution in [-0.4, -0.2) is 26.1 Å². The molecule has 2 rings (SSSR count). The monoisotopic (exact) mass is 269 g/mol. The van der Waals surface area contributed by atoms with Crippen LogP contribution in [0.2, 0.25) is 0 Å². The van der Waals surface area contributed by atoms with Gasteiger partial charge in [-0.3, -0.25) is 4.39 Å². The first kappa shape index (κ1) is 13.9. The van der Waals surface area contributed by atoms with Gasteiger partial charge in [0, 0.05) is 30.6 Å².